The Bertz CT molecular complexity index is 950. The standard InChI is InChI=1S/C15H10N4O4/c20-15(11-2-1-7-16-9-11)18-17-14-6-3-10-8-12(19(21)22)4-5-13(10)23-14/h1-9H,(H,18,20)/b17-14-. The maximum absolute atomic E-state index is 11.8. The number of hydrogen-bond donors (Lipinski definition) is 1. The van der Waals surface area contributed by atoms with Crippen molar-refractivity contribution in [1.29, 1.82) is 0 Å². The van der Waals surface area contributed by atoms with Gasteiger partial charge in [0.1, 0.15) is 5.58 Å². The molecule has 114 valence electrons. The second kappa shape index (κ2) is 6.06. The molecule has 0 saturated heterocycles. The molecule has 0 spiro atoms. The highest BCUT2D eigenvalue weighted by Gasteiger charge is 2.07. The zero-order chi connectivity index (χ0) is 16.2. The zero-order valence-corrected chi connectivity index (χ0v) is 11.7. The SMILES string of the molecule is O=C(N/N=c1/ccc2cc([N+](=O)[O-])ccc2o1)c1cccnc1. The summed E-state index contributed by atoms with van der Waals surface area (Å²) < 4.78 is 5.46. The number of pyridine rings is 1. The molecule has 0 aliphatic heterocycles. The van der Waals surface area contributed by atoms with Crippen molar-refractivity contribution in [3.05, 3.63) is 76.1 Å². The highest BCUT2D eigenvalue weighted by molar-refractivity contribution is 5.93. The first-order valence-electron chi connectivity index (χ1n) is 6.56. The molecule has 0 unspecified atom stereocenters. The third kappa shape index (κ3) is 3.21. The number of fused-ring (bicyclic) bond motifs is 1. The lowest BCUT2D eigenvalue weighted by Gasteiger charge is -1.99. The van der Waals surface area contributed by atoms with E-state index in [9.17, 15) is 14.9 Å². The van der Waals surface area contributed by atoms with Crippen molar-refractivity contribution in [3.8, 4) is 0 Å². The number of rotatable bonds is 3. The first-order valence-corrected chi connectivity index (χ1v) is 6.56. The van der Waals surface area contributed by atoms with E-state index in [1.54, 1.807) is 24.4 Å². The molecule has 8 heteroatoms. The van der Waals surface area contributed by atoms with Crippen LogP contribution < -0.4 is 11.0 Å². The molecule has 0 atom stereocenters. The zero-order valence-electron chi connectivity index (χ0n) is 11.7. The number of hydrogen-bond acceptors (Lipinski definition) is 6. The molecule has 0 bridgehead atoms. The molecule has 8 nitrogen and oxygen atoms in total. The maximum atomic E-state index is 11.8. The minimum Gasteiger partial charge on any atom is -0.437 e. The Morgan fingerprint density at radius 2 is 2.13 bits per heavy atom. The van der Waals surface area contributed by atoms with Crippen LogP contribution in [-0.4, -0.2) is 15.8 Å². The minimum atomic E-state index is -0.480. The number of carbonyl (C=O) groups is 1. The van der Waals surface area contributed by atoms with Gasteiger partial charge in [0, 0.05) is 36.0 Å². The van der Waals surface area contributed by atoms with Crippen LogP contribution in [0.4, 0.5) is 5.69 Å². The van der Waals surface area contributed by atoms with Crippen molar-refractivity contribution >= 4 is 22.6 Å². The lowest BCUT2D eigenvalue weighted by molar-refractivity contribution is -0.384. The quantitative estimate of drug-likeness (QED) is 0.587. The number of nitrogens with one attached hydrogen (secondary N) is 1. The topological polar surface area (TPSA) is 111 Å². The fraction of sp³-hybridized carbons (Fsp3) is 0. The monoisotopic (exact) mass is 310 g/mol. The summed E-state index contributed by atoms with van der Waals surface area (Å²) >= 11 is 0. The summed E-state index contributed by atoms with van der Waals surface area (Å²) in [5, 5.41) is 15.2. The summed E-state index contributed by atoms with van der Waals surface area (Å²) in [6.07, 6.45) is 2.98. The molecule has 2 aromatic heterocycles. The lowest BCUT2D eigenvalue weighted by Crippen LogP contribution is -2.21. The van der Waals surface area contributed by atoms with Crippen molar-refractivity contribution in [2.75, 3.05) is 0 Å². The maximum Gasteiger partial charge on any atom is 0.273 e. The predicted molar refractivity (Wildman–Crippen MR) is 80.1 cm³/mol. The van der Waals surface area contributed by atoms with Crippen LogP contribution in [0.2, 0.25) is 0 Å². The third-order valence-corrected chi connectivity index (χ3v) is 3.02. The summed E-state index contributed by atoms with van der Waals surface area (Å²) in [5.41, 5.74) is 3.29. The van der Waals surface area contributed by atoms with Crippen LogP contribution in [0.15, 0.2) is 64.4 Å². The van der Waals surface area contributed by atoms with Crippen molar-refractivity contribution in [1.82, 2.24) is 10.4 Å². The number of non-ortho nitro benzene ring substituents is 1. The van der Waals surface area contributed by atoms with Crippen LogP contribution in [0, 0.1) is 10.1 Å². The molecular weight excluding hydrogens is 300 g/mol. The van der Waals surface area contributed by atoms with Gasteiger partial charge in [-0.05, 0) is 24.3 Å². The fourth-order valence-corrected chi connectivity index (χ4v) is 1.91. The van der Waals surface area contributed by atoms with Crippen molar-refractivity contribution in [2.45, 2.75) is 0 Å². The van der Waals surface area contributed by atoms with Gasteiger partial charge in [0.25, 0.3) is 11.6 Å². The summed E-state index contributed by atoms with van der Waals surface area (Å²) in [6.45, 7) is 0. The van der Waals surface area contributed by atoms with Crippen LogP contribution >= 0.6 is 0 Å². The van der Waals surface area contributed by atoms with E-state index < -0.39 is 10.8 Å². The third-order valence-electron chi connectivity index (χ3n) is 3.02. The largest absolute Gasteiger partial charge is 0.437 e. The average Bonchev–Trinajstić information content (AvgIpc) is 2.59. The highest BCUT2D eigenvalue weighted by Crippen LogP contribution is 2.18. The van der Waals surface area contributed by atoms with E-state index in [2.05, 4.69) is 15.5 Å². The van der Waals surface area contributed by atoms with E-state index in [0.717, 1.165) is 0 Å². The van der Waals surface area contributed by atoms with Gasteiger partial charge >= 0.3 is 0 Å². The van der Waals surface area contributed by atoms with Crippen LogP contribution in [0.25, 0.3) is 11.0 Å². The molecule has 0 aliphatic carbocycles. The Kier molecular flexibility index (Phi) is 3.79. The number of nitro benzene ring substituents is 1. The number of aromatic nitrogens is 1. The molecule has 1 amide bonds. The molecule has 2 heterocycles. The van der Waals surface area contributed by atoms with Gasteiger partial charge in [0.2, 0.25) is 5.55 Å². The summed E-state index contributed by atoms with van der Waals surface area (Å²) in [6, 6.07) is 10.6. The molecule has 0 fully saturated rings. The van der Waals surface area contributed by atoms with Crippen LogP contribution in [-0.2, 0) is 0 Å². The van der Waals surface area contributed by atoms with E-state index in [1.165, 1.54) is 30.5 Å². The Labute approximate surface area is 129 Å². The number of amides is 1. The second-order valence-corrected chi connectivity index (χ2v) is 4.55. The van der Waals surface area contributed by atoms with Crippen LogP contribution in [0.3, 0.4) is 0 Å². The molecule has 3 rings (SSSR count). The van der Waals surface area contributed by atoms with E-state index in [4.69, 9.17) is 4.42 Å². The molecule has 0 radical (unpaired) electrons. The molecule has 3 aromatic rings. The second-order valence-electron chi connectivity index (χ2n) is 4.55. The van der Waals surface area contributed by atoms with E-state index in [1.807, 2.05) is 0 Å². The lowest BCUT2D eigenvalue weighted by atomic mass is 10.2. The first-order chi connectivity index (χ1) is 11.1. The first kappa shape index (κ1) is 14.4. The number of carbonyl (C=O) groups excluding carboxylic acids is 1. The van der Waals surface area contributed by atoms with E-state index in [-0.39, 0.29) is 11.2 Å². The molecule has 1 N–H and O–H groups in total. The molecule has 1 aromatic carbocycles. The summed E-state index contributed by atoms with van der Waals surface area (Å²) in [5.74, 6) is -0.419. The van der Waals surface area contributed by atoms with E-state index >= 15 is 0 Å². The van der Waals surface area contributed by atoms with Gasteiger partial charge in [-0.1, -0.05) is 0 Å². The van der Waals surface area contributed by atoms with Gasteiger partial charge in [0.05, 0.1) is 10.5 Å². The van der Waals surface area contributed by atoms with Gasteiger partial charge in [-0.2, -0.15) is 0 Å². The molecule has 0 aliphatic rings. The van der Waals surface area contributed by atoms with Gasteiger partial charge in [-0.15, -0.1) is 5.10 Å². The number of nitro groups is 1. The highest BCUT2D eigenvalue weighted by atomic mass is 16.6. The van der Waals surface area contributed by atoms with Gasteiger partial charge < -0.3 is 4.42 Å². The molecule has 23 heavy (non-hydrogen) atoms. The fourth-order valence-electron chi connectivity index (χ4n) is 1.91. The van der Waals surface area contributed by atoms with Gasteiger partial charge in [0.15, 0.2) is 0 Å². The normalized spacial score (nSPS) is 11.4. The van der Waals surface area contributed by atoms with Gasteiger partial charge in [-0.3, -0.25) is 19.9 Å². The number of benzene rings is 1. The van der Waals surface area contributed by atoms with Crippen LogP contribution in [0.5, 0.6) is 0 Å². The molecular formula is C15H10N4O4. The predicted octanol–water partition coefficient (Wildman–Crippen LogP) is 1.98. The Morgan fingerprint density at radius 1 is 1.26 bits per heavy atom. The van der Waals surface area contributed by atoms with Crippen molar-refractivity contribution in [2.24, 2.45) is 5.10 Å². The summed E-state index contributed by atoms with van der Waals surface area (Å²) in [4.78, 5) is 25.9. The number of nitrogens with zero attached hydrogens (tertiary/aromatic N) is 3. The Balaban J connectivity index is 1.87. The Morgan fingerprint density at radius 3 is 2.87 bits per heavy atom. The van der Waals surface area contributed by atoms with Gasteiger partial charge in [-0.25, -0.2) is 5.43 Å². The smallest absolute Gasteiger partial charge is 0.273 e. The van der Waals surface area contributed by atoms with Crippen molar-refractivity contribution < 1.29 is 14.1 Å². The molecule has 0 saturated carbocycles. The minimum absolute atomic E-state index is 0.0257. The van der Waals surface area contributed by atoms with Crippen LogP contribution in [0.1, 0.15) is 10.4 Å². The Hall–Kier alpha value is -3.55. The average molecular weight is 310 g/mol. The van der Waals surface area contributed by atoms with E-state index in [0.29, 0.717) is 16.5 Å². The summed E-state index contributed by atoms with van der Waals surface area (Å²) in [7, 11) is 0. The van der Waals surface area contributed by atoms with Crippen molar-refractivity contribution in [3.63, 3.8) is 0 Å².